The van der Waals surface area contributed by atoms with E-state index >= 15 is 0 Å². The summed E-state index contributed by atoms with van der Waals surface area (Å²) >= 11 is 0. The molecule has 3 N–H and O–H groups in total. The Labute approximate surface area is 109 Å². The van der Waals surface area contributed by atoms with Gasteiger partial charge < -0.3 is 5.73 Å². The molecule has 0 aliphatic carbocycles. The van der Waals surface area contributed by atoms with Crippen molar-refractivity contribution < 1.29 is 8.42 Å². The molecule has 0 atom stereocenters. The van der Waals surface area contributed by atoms with E-state index < -0.39 is 15.7 Å². The van der Waals surface area contributed by atoms with E-state index in [0.29, 0.717) is 17.9 Å². The van der Waals surface area contributed by atoms with Crippen LogP contribution in [0.25, 0.3) is 0 Å². The predicted molar refractivity (Wildman–Crippen MR) is 75.7 cm³/mol. The molecule has 0 spiro atoms. The molecule has 0 amide bonds. The molecule has 0 unspecified atom stereocenters. The highest BCUT2D eigenvalue weighted by molar-refractivity contribution is 7.90. The molecular formula is C12H21N3O2S. The van der Waals surface area contributed by atoms with Gasteiger partial charge in [-0.2, -0.15) is 13.1 Å². The summed E-state index contributed by atoms with van der Waals surface area (Å²) in [5, 5.41) is 0. The summed E-state index contributed by atoms with van der Waals surface area (Å²) in [5.41, 5.74) is 6.23. The van der Waals surface area contributed by atoms with Crippen LogP contribution in [0.1, 0.15) is 27.7 Å². The molecule has 18 heavy (non-hydrogen) atoms. The Morgan fingerprint density at radius 1 is 1.28 bits per heavy atom. The summed E-state index contributed by atoms with van der Waals surface area (Å²) in [6.45, 7) is 7.49. The van der Waals surface area contributed by atoms with Gasteiger partial charge in [0.25, 0.3) is 0 Å². The third-order valence-electron chi connectivity index (χ3n) is 2.22. The smallest absolute Gasteiger partial charge is 0.302 e. The Morgan fingerprint density at radius 3 is 2.28 bits per heavy atom. The molecule has 0 bridgehead atoms. The van der Waals surface area contributed by atoms with E-state index in [0.717, 1.165) is 0 Å². The van der Waals surface area contributed by atoms with Gasteiger partial charge in [0.15, 0.2) is 0 Å². The molecule has 0 radical (unpaired) electrons. The van der Waals surface area contributed by atoms with Gasteiger partial charge in [-0.1, -0.05) is 12.1 Å². The van der Waals surface area contributed by atoms with Crippen molar-refractivity contribution >= 4 is 21.6 Å². The lowest BCUT2D eigenvalue weighted by Crippen LogP contribution is -2.49. The second kappa shape index (κ2) is 5.16. The van der Waals surface area contributed by atoms with Gasteiger partial charge >= 0.3 is 10.2 Å². The van der Waals surface area contributed by atoms with Gasteiger partial charge in [-0.05, 0) is 39.8 Å². The van der Waals surface area contributed by atoms with E-state index in [2.05, 4.69) is 4.72 Å². The third-order valence-corrected chi connectivity index (χ3v) is 4.12. The van der Waals surface area contributed by atoms with Crippen molar-refractivity contribution in [2.45, 2.75) is 33.2 Å². The highest BCUT2D eigenvalue weighted by atomic mass is 32.2. The second-order valence-corrected chi connectivity index (χ2v) is 6.68. The zero-order valence-electron chi connectivity index (χ0n) is 11.3. The lowest BCUT2D eigenvalue weighted by molar-refractivity contribution is 0.489. The van der Waals surface area contributed by atoms with Crippen molar-refractivity contribution in [2.75, 3.05) is 16.6 Å². The Morgan fingerprint density at radius 2 is 1.83 bits per heavy atom. The fourth-order valence-corrected chi connectivity index (χ4v) is 3.28. The summed E-state index contributed by atoms with van der Waals surface area (Å²) in [7, 11) is -3.60. The summed E-state index contributed by atoms with van der Waals surface area (Å²) in [4.78, 5) is 0. The van der Waals surface area contributed by atoms with Gasteiger partial charge in [0.2, 0.25) is 0 Å². The number of rotatable bonds is 4. The first-order chi connectivity index (χ1) is 8.17. The summed E-state index contributed by atoms with van der Waals surface area (Å²) < 4.78 is 28.5. The van der Waals surface area contributed by atoms with E-state index in [9.17, 15) is 8.42 Å². The molecular weight excluding hydrogens is 250 g/mol. The third kappa shape index (κ3) is 3.61. The first-order valence-electron chi connectivity index (χ1n) is 5.83. The normalized spacial score (nSPS) is 12.4. The number of para-hydroxylation sites is 2. The molecule has 102 valence electrons. The topological polar surface area (TPSA) is 75.4 Å². The first kappa shape index (κ1) is 14.8. The Bertz CT molecular complexity index is 506. The molecule has 0 heterocycles. The highest BCUT2D eigenvalue weighted by Gasteiger charge is 2.27. The van der Waals surface area contributed by atoms with Crippen LogP contribution in [-0.4, -0.2) is 20.5 Å². The van der Waals surface area contributed by atoms with Gasteiger partial charge in [-0.3, -0.25) is 4.31 Å². The molecule has 0 fully saturated rings. The lowest BCUT2D eigenvalue weighted by atomic mass is 10.1. The average molecular weight is 271 g/mol. The van der Waals surface area contributed by atoms with E-state index in [-0.39, 0.29) is 0 Å². The molecule has 1 aromatic rings. The zero-order chi connectivity index (χ0) is 14.0. The summed E-state index contributed by atoms with van der Waals surface area (Å²) in [6.07, 6.45) is 0. The predicted octanol–water partition coefficient (Wildman–Crippen LogP) is 1.73. The number of benzene rings is 1. The molecule has 1 rings (SSSR count). The van der Waals surface area contributed by atoms with E-state index in [1.807, 2.05) is 0 Å². The van der Waals surface area contributed by atoms with E-state index in [1.54, 1.807) is 52.0 Å². The number of nitrogens with zero attached hydrogens (tertiary/aromatic N) is 1. The van der Waals surface area contributed by atoms with Crippen molar-refractivity contribution in [2.24, 2.45) is 0 Å². The Hall–Kier alpha value is -1.27. The maximum atomic E-state index is 12.3. The van der Waals surface area contributed by atoms with Crippen LogP contribution < -0.4 is 14.8 Å². The van der Waals surface area contributed by atoms with Crippen molar-refractivity contribution in [1.82, 2.24) is 4.72 Å². The number of nitrogens with one attached hydrogen (secondary N) is 1. The van der Waals surface area contributed by atoms with Gasteiger partial charge in [0, 0.05) is 12.1 Å². The van der Waals surface area contributed by atoms with Crippen LogP contribution in [0.4, 0.5) is 11.4 Å². The maximum absolute atomic E-state index is 12.3. The van der Waals surface area contributed by atoms with Crippen molar-refractivity contribution in [3.05, 3.63) is 24.3 Å². The maximum Gasteiger partial charge on any atom is 0.302 e. The Kier molecular flexibility index (Phi) is 4.24. The van der Waals surface area contributed by atoms with Gasteiger partial charge in [0.1, 0.15) is 0 Å². The first-order valence-corrected chi connectivity index (χ1v) is 7.27. The van der Waals surface area contributed by atoms with E-state index in [4.69, 9.17) is 5.73 Å². The fourth-order valence-electron chi connectivity index (χ4n) is 1.63. The fraction of sp³-hybridized carbons (Fsp3) is 0.500. The summed E-state index contributed by atoms with van der Waals surface area (Å²) in [6, 6.07) is 6.92. The SMILES string of the molecule is CCN(c1ccccc1N)S(=O)(=O)NC(C)(C)C. The Balaban J connectivity index is 3.16. The minimum atomic E-state index is -3.60. The monoisotopic (exact) mass is 271 g/mol. The van der Waals surface area contributed by atoms with Crippen molar-refractivity contribution in [1.29, 1.82) is 0 Å². The van der Waals surface area contributed by atoms with Gasteiger partial charge in [-0.15, -0.1) is 0 Å². The van der Waals surface area contributed by atoms with Gasteiger partial charge in [0.05, 0.1) is 11.4 Å². The van der Waals surface area contributed by atoms with Crippen LogP contribution in [-0.2, 0) is 10.2 Å². The standard InChI is InChI=1S/C12H21N3O2S/c1-5-15(11-9-7-6-8-10(11)13)18(16,17)14-12(2,3)4/h6-9,14H,5,13H2,1-4H3. The molecule has 0 aliphatic rings. The minimum absolute atomic E-state index is 0.319. The van der Waals surface area contributed by atoms with Crippen LogP contribution in [0, 0.1) is 0 Å². The highest BCUT2D eigenvalue weighted by Crippen LogP contribution is 2.24. The van der Waals surface area contributed by atoms with Crippen LogP contribution in [0.5, 0.6) is 0 Å². The zero-order valence-corrected chi connectivity index (χ0v) is 12.1. The number of nitrogen functional groups attached to an aromatic ring is 1. The molecule has 5 nitrogen and oxygen atoms in total. The number of hydrogen-bond acceptors (Lipinski definition) is 3. The number of hydrogen-bond donors (Lipinski definition) is 2. The quantitative estimate of drug-likeness (QED) is 0.819. The lowest BCUT2D eigenvalue weighted by Gasteiger charge is -2.29. The number of anilines is 2. The van der Waals surface area contributed by atoms with Crippen LogP contribution in [0.2, 0.25) is 0 Å². The van der Waals surface area contributed by atoms with Crippen LogP contribution in [0.3, 0.4) is 0 Å². The molecule has 0 saturated carbocycles. The largest absolute Gasteiger partial charge is 0.397 e. The van der Waals surface area contributed by atoms with E-state index in [1.165, 1.54) is 4.31 Å². The van der Waals surface area contributed by atoms with Crippen LogP contribution >= 0.6 is 0 Å². The molecule has 6 heteroatoms. The minimum Gasteiger partial charge on any atom is -0.397 e. The summed E-state index contributed by atoms with van der Waals surface area (Å²) in [5.74, 6) is 0. The van der Waals surface area contributed by atoms with Crippen LogP contribution in [0.15, 0.2) is 24.3 Å². The molecule has 0 saturated heterocycles. The second-order valence-electron chi connectivity index (χ2n) is 5.08. The molecule has 0 aliphatic heterocycles. The molecule has 1 aromatic carbocycles. The van der Waals surface area contributed by atoms with Crippen molar-refractivity contribution in [3.63, 3.8) is 0 Å². The van der Waals surface area contributed by atoms with Gasteiger partial charge in [-0.25, -0.2) is 0 Å². The molecule has 0 aromatic heterocycles. The average Bonchev–Trinajstić information content (AvgIpc) is 2.17. The van der Waals surface area contributed by atoms with Crippen molar-refractivity contribution in [3.8, 4) is 0 Å². The number of nitrogens with two attached hydrogens (primary N) is 1.